The van der Waals surface area contributed by atoms with E-state index in [1.54, 1.807) is 36.4 Å². The molecule has 24 heavy (non-hydrogen) atoms. The Morgan fingerprint density at radius 1 is 1.17 bits per heavy atom. The number of nitrogens with one attached hydrogen (secondary N) is 1. The lowest BCUT2D eigenvalue weighted by Gasteiger charge is -2.08. The summed E-state index contributed by atoms with van der Waals surface area (Å²) in [4.78, 5) is 16.5. The summed E-state index contributed by atoms with van der Waals surface area (Å²) in [6.07, 6.45) is 1.28. The van der Waals surface area contributed by atoms with Crippen molar-refractivity contribution in [1.82, 2.24) is 4.98 Å². The third-order valence-corrected chi connectivity index (χ3v) is 4.00. The van der Waals surface area contributed by atoms with Gasteiger partial charge in [0.15, 0.2) is 5.69 Å². The van der Waals surface area contributed by atoms with E-state index < -0.39 is 5.91 Å². The third kappa shape index (κ3) is 3.37. The molecule has 122 valence electrons. The van der Waals surface area contributed by atoms with Gasteiger partial charge in [0.05, 0.1) is 22.8 Å². The van der Waals surface area contributed by atoms with E-state index in [-0.39, 0.29) is 11.6 Å². The number of oxazole rings is 1. The van der Waals surface area contributed by atoms with Crippen LogP contribution in [0.4, 0.5) is 5.69 Å². The third-order valence-electron chi connectivity index (χ3n) is 3.26. The first-order valence-corrected chi connectivity index (χ1v) is 7.69. The maximum absolute atomic E-state index is 12.3. The Kier molecular flexibility index (Phi) is 4.74. The smallest absolute Gasteiger partial charge is 0.277 e. The van der Waals surface area contributed by atoms with Crippen LogP contribution < -0.4 is 10.1 Å². The van der Waals surface area contributed by atoms with Crippen LogP contribution in [-0.2, 0) is 0 Å². The Morgan fingerprint density at radius 3 is 2.71 bits per heavy atom. The van der Waals surface area contributed by atoms with Crippen LogP contribution in [0.1, 0.15) is 10.5 Å². The van der Waals surface area contributed by atoms with Crippen molar-refractivity contribution in [1.29, 1.82) is 0 Å². The molecular formula is C17H12Cl2N2O3. The molecule has 0 spiro atoms. The van der Waals surface area contributed by atoms with Crippen molar-refractivity contribution >= 4 is 34.8 Å². The van der Waals surface area contributed by atoms with E-state index in [0.29, 0.717) is 27.0 Å². The zero-order valence-corrected chi connectivity index (χ0v) is 14.1. The van der Waals surface area contributed by atoms with Crippen molar-refractivity contribution in [3.8, 4) is 17.2 Å². The van der Waals surface area contributed by atoms with Gasteiger partial charge in [-0.1, -0.05) is 35.3 Å². The highest BCUT2D eigenvalue weighted by Crippen LogP contribution is 2.28. The zero-order valence-electron chi connectivity index (χ0n) is 12.5. The van der Waals surface area contributed by atoms with Crippen molar-refractivity contribution in [2.24, 2.45) is 0 Å². The Hall–Kier alpha value is -2.50. The molecule has 2 aromatic carbocycles. The number of para-hydroxylation sites is 2. The number of carbonyl (C=O) groups is 1. The number of hydrogen-bond acceptors (Lipinski definition) is 4. The average Bonchev–Trinajstić information content (AvgIpc) is 3.08. The molecular weight excluding hydrogens is 351 g/mol. The second-order valence-corrected chi connectivity index (χ2v) is 5.64. The minimum atomic E-state index is -0.408. The molecule has 0 atom stereocenters. The van der Waals surface area contributed by atoms with Crippen LogP contribution in [-0.4, -0.2) is 18.0 Å². The van der Waals surface area contributed by atoms with E-state index in [1.165, 1.54) is 13.4 Å². The molecule has 0 aliphatic heterocycles. The van der Waals surface area contributed by atoms with Crippen molar-refractivity contribution in [3.63, 3.8) is 0 Å². The predicted molar refractivity (Wildman–Crippen MR) is 92.9 cm³/mol. The molecule has 0 aliphatic carbocycles. The minimum absolute atomic E-state index is 0.141. The molecule has 0 bridgehead atoms. The number of carbonyl (C=O) groups excluding carboxylic acids is 1. The molecule has 0 unspecified atom stereocenters. The lowest BCUT2D eigenvalue weighted by molar-refractivity contribution is 0.102. The number of nitrogens with zero attached hydrogens (tertiary/aromatic N) is 1. The molecule has 1 heterocycles. The number of amides is 1. The molecule has 5 nitrogen and oxygen atoms in total. The fraction of sp³-hybridized carbons (Fsp3) is 0.0588. The van der Waals surface area contributed by atoms with Crippen molar-refractivity contribution in [2.45, 2.75) is 0 Å². The average molecular weight is 363 g/mol. The molecule has 7 heteroatoms. The molecule has 1 amide bonds. The van der Waals surface area contributed by atoms with Gasteiger partial charge in [-0.25, -0.2) is 4.98 Å². The summed E-state index contributed by atoms with van der Waals surface area (Å²) >= 11 is 11.9. The van der Waals surface area contributed by atoms with E-state index in [1.807, 2.05) is 6.07 Å². The van der Waals surface area contributed by atoms with Gasteiger partial charge >= 0.3 is 0 Å². The normalized spacial score (nSPS) is 10.5. The quantitative estimate of drug-likeness (QED) is 0.715. The fourth-order valence-electron chi connectivity index (χ4n) is 2.07. The number of hydrogen-bond donors (Lipinski definition) is 1. The number of anilines is 1. The first kappa shape index (κ1) is 16.4. The van der Waals surface area contributed by atoms with Gasteiger partial charge in [0, 0.05) is 5.56 Å². The Labute approximate surface area is 148 Å². The van der Waals surface area contributed by atoms with Crippen LogP contribution in [0.3, 0.4) is 0 Å². The van der Waals surface area contributed by atoms with Crippen molar-refractivity contribution in [2.75, 3.05) is 12.4 Å². The number of methoxy groups -OCH3 is 1. The van der Waals surface area contributed by atoms with Crippen molar-refractivity contribution < 1.29 is 13.9 Å². The highest BCUT2D eigenvalue weighted by Gasteiger charge is 2.15. The van der Waals surface area contributed by atoms with Gasteiger partial charge in [-0.15, -0.1) is 0 Å². The standard InChI is InChI=1S/C17H12Cl2N2O3/c1-23-15-5-3-2-4-13(15)20-16(22)14-9-24-17(21-14)10-6-7-11(18)12(19)8-10/h2-9H,1H3,(H,20,22). The highest BCUT2D eigenvalue weighted by atomic mass is 35.5. The van der Waals surface area contributed by atoms with Crippen LogP contribution in [0, 0.1) is 0 Å². The molecule has 0 saturated heterocycles. The van der Waals surface area contributed by atoms with E-state index in [9.17, 15) is 4.79 Å². The number of ether oxygens (including phenoxy) is 1. The van der Waals surface area contributed by atoms with E-state index in [0.717, 1.165) is 0 Å². The van der Waals surface area contributed by atoms with E-state index in [4.69, 9.17) is 32.4 Å². The molecule has 0 radical (unpaired) electrons. The first-order chi connectivity index (χ1) is 11.6. The molecule has 0 aliphatic rings. The maximum atomic E-state index is 12.3. The lowest BCUT2D eigenvalue weighted by atomic mass is 10.2. The van der Waals surface area contributed by atoms with Crippen LogP contribution in [0.15, 0.2) is 53.1 Å². The first-order valence-electron chi connectivity index (χ1n) is 6.94. The fourth-order valence-corrected chi connectivity index (χ4v) is 2.37. The molecule has 3 aromatic rings. The minimum Gasteiger partial charge on any atom is -0.495 e. The summed E-state index contributed by atoms with van der Waals surface area (Å²) in [5, 5.41) is 3.54. The largest absolute Gasteiger partial charge is 0.495 e. The number of aromatic nitrogens is 1. The maximum Gasteiger partial charge on any atom is 0.277 e. The summed E-state index contributed by atoms with van der Waals surface area (Å²) in [6, 6.07) is 12.1. The lowest BCUT2D eigenvalue weighted by Crippen LogP contribution is -2.13. The highest BCUT2D eigenvalue weighted by molar-refractivity contribution is 6.42. The Morgan fingerprint density at radius 2 is 1.96 bits per heavy atom. The van der Waals surface area contributed by atoms with Gasteiger partial charge in [0.25, 0.3) is 5.91 Å². The second kappa shape index (κ2) is 6.95. The summed E-state index contributed by atoms with van der Waals surface area (Å²) in [5.74, 6) is 0.423. The van der Waals surface area contributed by atoms with E-state index >= 15 is 0 Å². The van der Waals surface area contributed by atoms with Crippen LogP contribution >= 0.6 is 23.2 Å². The van der Waals surface area contributed by atoms with Crippen LogP contribution in [0.25, 0.3) is 11.5 Å². The predicted octanol–water partition coefficient (Wildman–Crippen LogP) is 4.91. The summed E-state index contributed by atoms with van der Waals surface area (Å²) in [6.45, 7) is 0. The molecule has 1 aromatic heterocycles. The Bertz CT molecular complexity index is 893. The van der Waals surface area contributed by atoms with Crippen LogP contribution in [0.2, 0.25) is 10.0 Å². The van der Waals surface area contributed by atoms with E-state index in [2.05, 4.69) is 10.3 Å². The molecule has 0 saturated carbocycles. The van der Waals surface area contributed by atoms with Gasteiger partial charge in [0.2, 0.25) is 5.89 Å². The number of halogens is 2. The van der Waals surface area contributed by atoms with Gasteiger partial charge in [0.1, 0.15) is 12.0 Å². The SMILES string of the molecule is COc1ccccc1NC(=O)c1coc(-c2ccc(Cl)c(Cl)c2)n1. The van der Waals surface area contributed by atoms with Gasteiger partial charge in [-0.3, -0.25) is 4.79 Å². The summed E-state index contributed by atoms with van der Waals surface area (Å²) in [7, 11) is 1.53. The molecule has 1 N–H and O–H groups in total. The second-order valence-electron chi connectivity index (χ2n) is 4.82. The van der Waals surface area contributed by atoms with Gasteiger partial charge in [-0.05, 0) is 30.3 Å². The monoisotopic (exact) mass is 362 g/mol. The summed E-state index contributed by atoms with van der Waals surface area (Å²) < 4.78 is 10.6. The Balaban J connectivity index is 1.82. The zero-order chi connectivity index (χ0) is 17.1. The summed E-state index contributed by atoms with van der Waals surface area (Å²) in [5.41, 5.74) is 1.31. The van der Waals surface area contributed by atoms with Gasteiger partial charge < -0.3 is 14.5 Å². The van der Waals surface area contributed by atoms with Crippen molar-refractivity contribution in [3.05, 3.63) is 64.5 Å². The number of rotatable bonds is 4. The topological polar surface area (TPSA) is 64.4 Å². The van der Waals surface area contributed by atoms with Crippen LogP contribution in [0.5, 0.6) is 5.75 Å². The number of benzene rings is 2. The molecule has 3 rings (SSSR count). The molecule has 0 fully saturated rings. The van der Waals surface area contributed by atoms with Gasteiger partial charge in [-0.2, -0.15) is 0 Å².